The molecule has 23 heavy (non-hydrogen) atoms. The van der Waals surface area contributed by atoms with Gasteiger partial charge in [0.2, 0.25) is 10.0 Å². The van der Waals surface area contributed by atoms with Crippen LogP contribution in [0.25, 0.3) is 0 Å². The highest BCUT2D eigenvalue weighted by Crippen LogP contribution is 2.32. The summed E-state index contributed by atoms with van der Waals surface area (Å²) >= 11 is 0. The molecule has 1 fully saturated rings. The zero-order valence-electron chi connectivity index (χ0n) is 13.9. The number of hydrogen-bond acceptors (Lipinski definition) is 4. The van der Waals surface area contributed by atoms with Crippen molar-refractivity contribution in [3.63, 3.8) is 0 Å². The van der Waals surface area contributed by atoms with E-state index in [-0.39, 0.29) is 0 Å². The van der Waals surface area contributed by atoms with Gasteiger partial charge in [-0.3, -0.25) is 0 Å². The first-order chi connectivity index (χ1) is 11.0. The molecule has 0 aromatic heterocycles. The van der Waals surface area contributed by atoms with Crippen molar-refractivity contribution in [2.75, 3.05) is 33.0 Å². The summed E-state index contributed by atoms with van der Waals surface area (Å²) in [5.74, 6) is 1.33. The summed E-state index contributed by atoms with van der Waals surface area (Å²) in [6.07, 6.45) is 5.67. The molecule has 6 heteroatoms. The third kappa shape index (κ3) is 3.87. The Labute approximate surface area is 139 Å². The van der Waals surface area contributed by atoms with Gasteiger partial charge in [0.15, 0.2) is 0 Å². The largest absolute Gasteiger partial charge is 0.497 e. The van der Waals surface area contributed by atoms with Crippen molar-refractivity contribution in [3.05, 3.63) is 29.3 Å². The molecule has 1 heterocycles. The molecule has 3 rings (SSSR count). The molecule has 5 nitrogen and oxygen atoms in total. The van der Waals surface area contributed by atoms with E-state index < -0.39 is 10.0 Å². The van der Waals surface area contributed by atoms with Crippen molar-refractivity contribution >= 4 is 10.0 Å². The SMILES string of the molecule is COc1ccc2c(c1)CCC[C@@H]2NC[C@H]1CCN(S(C)(=O)=O)C1. The van der Waals surface area contributed by atoms with Gasteiger partial charge < -0.3 is 10.1 Å². The van der Waals surface area contributed by atoms with Gasteiger partial charge in [-0.1, -0.05) is 6.07 Å². The Kier molecular flexibility index (Phi) is 4.94. The van der Waals surface area contributed by atoms with Crippen molar-refractivity contribution in [1.29, 1.82) is 0 Å². The van der Waals surface area contributed by atoms with Crippen LogP contribution in [0.1, 0.15) is 36.4 Å². The quantitative estimate of drug-likeness (QED) is 0.891. The number of methoxy groups -OCH3 is 1. The Morgan fingerprint density at radius 1 is 1.35 bits per heavy atom. The Bertz CT molecular complexity index is 660. The number of rotatable bonds is 5. The summed E-state index contributed by atoms with van der Waals surface area (Å²) in [4.78, 5) is 0. The highest BCUT2D eigenvalue weighted by atomic mass is 32.2. The van der Waals surface area contributed by atoms with Crippen LogP contribution < -0.4 is 10.1 Å². The van der Waals surface area contributed by atoms with E-state index in [1.807, 2.05) is 6.07 Å². The second kappa shape index (κ2) is 6.79. The van der Waals surface area contributed by atoms with Crippen LogP contribution in [0, 0.1) is 5.92 Å². The molecule has 0 bridgehead atoms. The average molecular weight is 338 g/mol. The standard InChI is InChI=1S/C17H26N2O3S/c1-22-15-6-7-16-14(10-15)4-3-5-17(16)18-11-13-8-9-19(12-13)23(2,20)21/h6-7,10,13,17-18H,3-5,8-9,11-12H2,1-2H3/t13-,17+/m1/s1. The van der Waals surface area contributed by atoms with Crippen LogP contribution >= 0.6 is 0 Å². The second-order valence-electron chi connectivity index (χ2n) is 6.69. The van der Waals surface area contributed by atoms with Crippen LogP contribution in [0.5, 0.6) is 5.75 Å². The number of nitrogens with zero attached hydrogens (tertiary/aromatic N) is 1. The minimum atomic E-state index is -3.04. The first kappa shape index (κ1) is 16.7. The molecule has 1 aliphatic heterocycles. The van der Waals surface area contributed by atoms with Crippen LogP contribution in [0.3, 0.4) is 0 Å². The molecule has 1 saturated heterocycles. The van der Waals surface area contributed by atoms with Crippen LogP contribution in [0.15, 0.2) is 18.2 Å². The highest BCUT2D eigenvalue weighted by molar-refractivity contribution is 7.88. The van der Waals surface area contributed by atoms with Crippen molar-refractivity contribution in [2.24, 2.45) is 5.92 Å². The number of nitrogens with one attached hydrogen (secondary N) is 1. The van der Waals surface area contributed by atoms with Gasteiger partial charge >= 0.3 is 0 Å². The lowest BCUT2D eigenvalue weighted by Gasteiger charge is -2.28. The van der Waals surface area contributed by atoms with Crippen molar-refractivity contribution < 1.29 is 13.2 Å². The summed E-state index contributed by atoms with van der Waals surface area (Å²) in [6.45, 7) is 2.18. The first-order valence-electron chi connectivity index (χ1n) is 8.32. The van der Waals surface area contributed by atoms with Crippen molar-refractivity contribution in [2.45, 2.75) is 31.7 Å². The number of hydrogen-bond donors (Lipinski definition) is 1. The van der Waals surface area contributed by atoms with E-state index in [0.29, 0.717) is 25.0 Å². The van der Waals surface area contributed by atoms with Crippen LogP contribution in [0.2, 0.25) is 0 Å². The minimum Gasteiger partial charge on any atom is -0.497 e. The number of benzene rings is 1. The predicted molar refractivity (Wildman–Crippen MR) is 91.2 cm³/mol. The molecule has 128 valence electrons. The fraction of sp³-hybridized carbons (Fsp3) is 0.647. The molecule has 1 N–H and O–H groups in total. The number of ether oxygens (including phenoxy) is 1. The molecular weight excluding hydrogens is 312 g/mol. The van der Waals surface area contributed by atoms with E-state index in [1.54, 1.807) is 11.4 Å². The molecule has 0 radical (unpaired) electrons. The summed E-state index contributed by atoms with van der Waals surface area (Å²) < 4.78 is 30.1. The second-order valence-corrected chi connectivity index (χ2v) is 8.68. The third-order valence-electron chi connectivity index (χ3n) is 5.03. The van der Waals surface area contributed by atoms with Crippen molar-refractivity contribution in [3.8, 4) is 5.75 Å². The van der Waals surface area contributed by atoms with Crippen LogP contribution in [-0.2, 0) is 16.4 Å². The monoisotopic (exact) mass is 338 g/mol. The molecule has 2 aliphatic rings. The van der Waals surface area contributed by atoms with E-state index in [0.717, 1.165) is 31.6 Å². The average Bonchev–Trinajstić information content (AvgIpc) is 3.01. The van der Waals surface area contributed by atoms with Gasteiger partial charge in [0.25, 0.3) is 0 Å². The molecule has 2 atom stereocenters. The maximum atomic E-state index is 11.6. The maximum Gasteiger partial charge on any atom is 0.211 e. The van der Waals surface area contributed by atoms with Gasteiger partial charge in [0, 0.05) is 19.1 Å². The van der Waals surface area contributed by atoms with Gasteiger partial charge in [0.1, 0.15) is 5.75 Å². The van der Waals surface area contributed by atoms with Gasteiger partial charge in [-0.05, 0) is 61.4 Å². The topological polar surface area (TPSA) is 58.6 Å². The summed E-state index contributed by atoms with van der Waals surface area (Å²) in [7, 11) is -1.34. The van der Waals surface area contributed by atoms with E-state index >= 15 is 0 Å². The fourth-order valence-corrected chi connectivity index (χ4v) is 4.62. The van der Waals surface area contributed by atoms with Gasteiger partial charge in [-0.25, -0.2) is 12.7 Å². The molecule has 0 saturated carbocycles. The first-order valence-corrected chi connectivity index (χ1v) is 10.2. The molecule has 0 amide bonds. The Morgan fingerprint density at radius 3 is 2.87 bits per heavy atom. The molecule has 0 unspecified atom stereocenters. The lowest BCUT2D eigenvalue weighted by molar-refractivity contribution is 0.395. The number of sulfonamides is 1. The third-order valence-corrected chi connectivity index (χ3v) is 6.30. The van der Waals surface area contributed by atoms with Gasteiger partial charge in [-0.2, -0.15) is 0 Å². The maximum absolute atomic E-state index is 11.6. The lowest BCUT2D eigenvalue weighted by Crippen LogP contribution is -2.32. The number of aryl methyl sites for hydroxylation is 1. The smallest absolute Gasteiger partial charge is 0.211 e. The van der Waals surface area contributed by atoms with E-state index in [2.05, 4.69) is 17.4 Å². The Morgan fingerprint density at radius 2 is 2.17 bits per heavy atom. The van der Waals surface area contributed by atoms with Gasteiger partial charge in [0.05, 0.1) is 13.4 Å². The number of fused-ring (bicyclic) bond motifs is 1. The Hall–Kier alpha value is -1.11. The summed E-state index contributed by atoms with van der Waals surface area (Å²) in [5, 5.41) is 3.67. The van der Waals surface area contributed by atoms with Crippen LogP contribution in [0.4, 0.5) is 0 Å². The highest BCUT2D eigenvalue weighted by Gasteiger charge is 2.29. The van der Waals surface area contributed by atoms with Crippen LogP contribution in [-0.4, -0.2) is 45.7 Å². The fourth-order valence-electron chi connectivity index (χ4n) is 3.70. The molecule has 1 aliphatic carbocycles. The van der Waals surface area contributed by atoms with E-state index in [9.17, 15) is 8.42 Å². The van der Waals surface area contributed by atoms with E-state index in [4.69, 9.17) is 4.74 Å². The summed E-state index contributed by atoms with van der Waals surface area (Å²) in [6, 6.07) is 6.71. The normalized spacial score (nSPS) is 25.3. The minimum absolute atomic E-state index is 0.372. The lowest BCUT2D eigenvalue weighted by atomic mass is 9.87. The zero-order valence-corrected chi connectivity index (χ0v) is 14.7. The predicted octanol–water partition coefficient (Wildman–Crippen LogP) is 1.94. The Balaban J connectivity index is 1.60. The van der Waals surface area contributed by atoms with Crippen molar-refractivity contribution in [1.82, 2.24) is 9.62 Å². The molecule has 1 aromatic carbocycles. The van der Waals surface area contributed by atoms with Gasteiger partial charge in [-0.15, -0.1) is 0 Å². The molecule has 0 spiro atoms. The molecule has 1 aromatic rings. The zero-order chi connectivity index (χ0) is 16.4. The van der Waals surface area contributed by atoms with E-state index in [1.165, 1.54) is 23.8 Å². The summed E-state index contributed by atoms with van der Waals surface area (Å²) in [5.41, 5.74) is 2.74. The molecular formula is C17H26N2O3S.